The normalized spacial score (nSPS) is 9.75. The van der Waals surface area contributed by atoms with Gasteiger partial charge in [-0.05, 0) is 6.42 Å². The first-order valence-corrected chi connectivity index (χ1v) is 5.98. The maximum Gasteiger partial charge on any atom is 0.262 e. The molecule has 0 unspecified atom stereocenters. The third-order valence-electron chi connectivity index (χ3n) is 1.25. The van der Waals surface area contributed by atoms with Crippen LogP contribution >= 0.6 is 33.9 Å². The van der Waals surface area contributed by atoms with Crippen LogP contribution in [0.2, 0.25) is 0 Å². The molecule has 0 spiro atoms. The Kier molecular flexibility index (Phi) is 4.52. The minimum absolute atomic E-state index is 0.0117. The Hall–Kier alpha value is -0.170. The number of carbonyl (C=O) groups is 1. The summed E-state index contributed by atoms with van der Waals surface area (Å²) < 4.78 is 1.07. The molecule has 0 aliphatic rings. The summed E-state index contributed by atoms with van der Waals surface area (Å²) in [5, 5.41) is 2.81. The van der Waals surface area contributed by atoms with Crippen LogP contribution in [-0.2, 0) is 0 Å². The predicted octanol–water partition coefficient (Wildman–Crippen LogP) is 1.70. The van der Waals surface area contributed by atoms with Gasteiger partial charge < -0.3 is 5.32 Å². The molecule has 1 aromatic heterocycles. The molecule has 0 saturated heterocycles. The van der Waals surface area contributed by atoms with Crippen LogP contribution in [0.4, 0.5) is 0 Å². The molecule has 0 aliphatic heterocycles. The van der Waals surface area contributed by atoms with E-state index in [0.29, 0.717) is 4.88 Å². The second-order valence-electron chi connectivity index (χ2n) is 2.16. The third-order valence-corrected chi connectivity index (χ3v) is 2.79. The zero-order valence-electron chi connectivity index (χ0n) is 6.42. The Morgan fingerprint density at radius 1 is 1.75 bits per heavy atom. The second kappa shape index (κ2) is 5.47. The fraction of sp³-hybridized carbons (Fsp3) is 0.429. The largest absolute Gasteiger partial charge is 0.351 e. The van der Waals surface area contributed by atoms with Gasteiger partial charge in [0.2, 0.25) is 0 Å². The molecule has 3 nitrogen and oxygen atoms in total. The number of aromatic nitrogens is 1. The van der Waals surface area contributed by atoms with Gasteiger partial charge in [0.05, 0.1) is 11.7 Å². The predicted molar refractivity (Wildman–Crippen MR) is 58.0 cm³/mol. The number of alkyl halides is 1. The Morgan fingerprint density at radius 3 is 3.17 bits per heavy atom. The monoisotopic (exact) mass is 296 g/mol. The Morgan fingerprint density at radius 2 is 2.58 bits per heavy atom. The van der Waals surface area contributed by atoms with Gasteiger partial charge in [-0.3, -0.25) is 9.78 Å². The van der Waals surface area contributed by atoms with Crippen LogP contribution in [0.1, 0.15) is 16.1 Å². The molecule has 1 heterocycles. The van der Waals surface area contributed by atoms with E-state index in [0.717, 1.165) is 17.4 Å². The zero-order chi connectivity index (χ0) is 8.81. The van der Waals surface area contributed by atoms with Gasteiger partial charge in [0, 0.05) is 11.0 Å². The first kappa shape index (κ1) is 9.91. The van der Waals surface area contributed by atoms with Crippen molar-refractivity contribution in [1.29, 1.82) is 0 Å². The third kappa shape index (κ3) is 3.06. The smallest absolute Gasteiger partial charge is 0.262 e. The zero-order valence-corrected chi connectivity index (χ0v) is 9.39. The topological polar surface area (TPSA) is 42.0 Å². The molecule has 0 atom stereocenters. The van der Waals surface area contributed by atoms with Crippen molar-refractivity contribution in [2.75, 3.05) is 11.0 Å². The van der Waals surface area contributed by atoms with Crippen LogP contribution in [0.5, 0.6) is 0 Å². The van der Waals surface area contributed by atoms with Gasteiger partial charge in [-0.25, -0.2) is 0 Å². The lowest BCUT2D eigenvalue weighted by Crippen LogP contribution is -2.23. The fourth-order valence-corrected chi connectivity index (χ4v) is 1.60. The molecule has 0 saturated carbocycles. The van der Waals surface area contributed by atoms with E-state index in [1.54, 1.807) is 11.7 Å². The van der Waals surface area contributed by atoms with E-state index in [1.807, 2.05) is 0 Å². The van der Waals surface area contributed by atoms with Crippen LogP contribution < -0.4 is 5.32 Å². The molecule has 0 fully saturated rings. The lowest BCUT2D eigenvalue weighted by atomic mass is 10.4. The van der Waals surface area contributed by atoms with Gasteiger partial charge in [-0.15, -0.1) is 11.3 Å². The first-order valence-electron chi connectivity index (χ1n) is 3.57. The van der Waals surface area contributed by atoms with Crippen LogP contribution in [-0.4, -0.2) is 21.9 Å². The Bertz CT molecular complexity index is 238. The maximum atomic E-state index is 11.2. The van der Waals surface area contributed by atoms with E-state index >= 15 is 0 Å². The molecule has 0 radical (unpaired) electrons. The number of hydrogen-bond acceptors (Lipinski definition) is 3. The van der Waals surface area contributed by atoms with Crippen molar-refractivity contribution in [1.82, 2.24) is 10.3 Å². The molecule has 0 aromatic carbocycles. The van der Waals surface area contributed by atoms with Gasteiger partial charge in [0.1, 0.15) is 4.88 Å². The molecule has 1 rings (SSSR count). The highest BCUT2D eigenvalue weighted by molar-refractivity contribution is 14.1. The van der Waals surface area contributed by atoms with Crippen LogP contribution in [0.3, 0.4) is 0 Å². The number of thiazole rings is 1. The van der Waals surface area contributed by atoms with Gasteiger partial charge in [-0.1, -0.05) is 22.6 Å². The quantitative estimate of drug-likeness (QED) is 0.522. The Balaban J connectivity index is 2.30. The Labute approximate surface area is 88.7 Å². The van der Waals surface area contributed by atoms with Crippen molar-refractivity contribution < 1.29 is 4.79 Å². The summed E-state index contributed by atoms with van der Waals surface area (Å²) in [7, 11) is 0. The first-order chi connectivity index (χ1) is 5.84. The van der Waals surface area contributed by atoms with Gasteiger partial charge >= 0.3 is 0 Å². The molecule has 0 aliphatic carbocycles. The SMILES string of the molecule is O=C(NCCCI)c1cncs1. The standard InChI is InChI=1S/C7H9IN2OS/c8-2-1-3-10-7(11)6-4-9-5-12-6/h4-5H,1-3H2,(H,10,11). The van der Waals surface area contributed by atoms with Crippen molar-refractivity contribution in [3.8, 4) is 0 Å². The van der Waals surface area contributed by atoms with Crippen molar-refractivity contribution >= 4 is 39.8 Å². The van der Waals surface area contributed by atoms with E-state index in [4.69, 9.17) is 0 Å². The lowest BCUT2D eigenvalue weighted by Gasteiger charge is -1.99. The van der Waals surface area contributed by atoms with Crippen molar-refractivity contribution in [2.45, 2.75) is 6.42 Å². The molecule has 1 N–H and O–H groups in total. The number of hydrogen-bond donors (Lipinski definition) is 1. The van der Waals surface area contributed by atoms with Gasteiger partial charge in [0.15, 0.2) is 0 Å². The number of halogens is 1. The number of nitrogens with one attached hydrogen (secondary N) is 1. The van der Waals surface area contributed by atoms with E-state index in [1.165, 1.54) is 11.3 Å². The molecule has 0 bridgehead atoms. The minimum Gasteiger partial charge on any atom is -0.351 e. The number of nitrogens with zero attached hydrogens (tertiary/aromatic N) is 1. The van der Waals surface area contributed by atoms with Crippen LogP contribution in [0.15, 0.2) is 11.7 Å². The molecule has 66 valence electrons. The average molecular weight is 296 g/mol. The number of rotatable bonds is 4. The van der Waals surface area contributed by atoms with Crippen LogP contribution in [0, 0.1) is 0 Å². The van der Waals surface area contributed by atoms with E-state index in [2.05, 4.69) is 32.9 Å². The summed E-state index contributed by atoms with van der Waals surface area (Å²) in [6, 6.07) is 0. The summed E-state index contributed by atoms with van der Waals surface area (Å²) in [5.41, 5.74) is 1.66. The van der Waals surface area contributed by atoms with Crippen molar-refractivity contribution in [3.05, 3.63) is 16.6 Å². The lowest BCUT2D eigenvalue weighted by molar-refractivity contribution is 0.0957. The number of amides is 1. The maximum absolute atomic E-state index is 11.2. The van der Waals surface area contributed by atoms with E-state index in [9.17, 15) is 4.79 Å². The average Bonchev–Trinajstić information content (AvgIpc) is 2.56. The summed E-state index contributed by atoms with van der Waals surface area (Å²) in [6.45, 7) is 0.750. The summed E-state index contributed by atoms with van der Waals surface area (Å²) in [4.78, 5) is 15.7. The molecule has 12 heavy (non-hydrogen) atoms. The highest BCUT2D eigenvalue weighted by atomic mass is 127. The fourth-order valence-electron chi connectivity index (χ4n) is 0.684. The summed E-state index contributed by atoms with van der Waals surface area (Å²) >= 11 is 3.65. The summed E-state index contributed by atoms with van der Waals surface area (Å²) in [5.74, 6) is -0.0117. The second-order valence-corrected chi connectivity index (χ2v) is 4.13. The van der Waals surface area contributed by atoms with Crippen LogP contribution in [0.25, 0.3) is 0 Å². The minimum atomic E-state index is -0.0117. The summed E-state index contributed by atoms with van der Waals surface area (Å²) in [6.07, 6.45) is 2.61. The molecule has 5 heteroatoms. The number of carbonyl (C=O) groups excluding carboxylic acids is 1. The highest BCUT2D eigenvalue weighted by Gasteiger charge is 2.04. The van der Waals surface area contributed by atoms with Gasteiger partial charge in [-0.2, -0.15) is 0 Å². The van der Waals surface area contributed by atoms with Gasteiger partial charge in [0.25, 0.3) is 5.91 Å². The highest BCUT2D eigenvalue weighted by Crippen LogP contribution is 2.04. The molecular formula is C7H9IN2OS. The van der Waals surface area contributed by atoms with Crippen molar-refractivity contribution in [2.24, 2.45) is 0 Å². The molecular weight excluding hydrogens is 287 g/mol. The van der Waals surface area contributed by atoms with Crippen molar-refractivity contribution in [3.63, 3.8) is 0 Å². The van der Waals surface area contributed by atoms with E-state index in [-0.39, 0.29) is 5.91 Å². The van der Waals surface area contributed by atoms with E-state index < -0.39 is 0 Å². The molecule has 1 amide bonds. The molecule has 1 aromatic rings.